The average Bonchev–Trinajstić information content (AvgIpc) is 2.74. The SMILES string of the molecule is CN(C)S(=O)(=O)c1cccc(NC(=O)CNc2ccccc2Oc2ccccc2)c1. The quantitative estimate of drug-likeness (QED) is 0.574. The van der Waals surface area contributed by atoms with Gasteiger partial charge in [0.2, 0.25) is 15.9 Å². The third-order valence-electron chi connectivity index (χ3n) is 4.19. The Balaban J connectivity index is 1.65. The molecule has 156 valence electrons. The van der Waals surface area contributed by atoms with Crippen molar-refractivity contribution in [3.63, 3.8) is 0 Å². The fraction of sp³-hybridized carbons (Fsp3) is 0.136. The summed E-state index contributed by atoms with van der Waals surface area (Å²) in [7, 11) is -0.660. The van der Waals surface area contributed by atoms with Crippen LogP contribution in [0.1, 0.15) is 0 Å². The number of benzene rings is 3. The third-order valence-corrected chi connectivity index (χ3v) is 6.00. The number of nitrogens with one attached hydrogen (secondary N) is 2. The first-order valence-corrected chi connectivity index (χ1v) is 10.7. The third kappa shape index (κ3) is 5.37. The molecule has 2 N–H and O–H groups in total. The number of anilines is 2. The number of rotatable bonds is 8. The summed E-state index contributed by atoms with van der Waals surface area (Å²) in [5.41, 5.74) is 1.07. The molecule has 0 atom stereocenters. The molecule has 0 spiro atoms. The van der Waals surface area contributed by atoms with E-state index in [4.69, 9.17) is 4.74 Å². The van der Waals surface area contributed by atoms with Crippen LogP contribution in [0.25, 0.3) is 0 Å². The first kappa shape index (κ1) is 21.4. The smallest absolute Gasteiger partial charge is 0.243 e. The zero-order chi connectivity index (χ0) is 21.6. The molecule has 7 nitrogen and oxygen atoms in total. The average molecular weight is 426 g/mol. The van der Waals surface area contributed by atoms with E-state index in [2.05, 4.69) is 10.6 Å². The molecule has 0 heterocycles. The van der Waals surface area contributed by atoms with Gasteiger partial charge in [0, 0.05) is 19.8 Å². The van der Waals surface area contributed by atoms with Crippen molar-refractivity contribution >= 4 is 27.3 Å². The van der Waals surface area contributed by atoms with Crippen molar-refractivity contribution < 1.29 is 17.9 Å². The normalized spacial score (nSPS) is 11.2. The van der Waals surface area contributed by atoms with Crippen LogP contribution in [0.15, 0.2) is 83.8 Å². The number of carbonyl (C=O) groups excluding carboxylic acids is 1. The van der Waals surface area contributed by atoms with Gasteiger partial charge in [0.05, 0.1) is 17.1 Å². The number of sulfonamides is 1. The minimum Gasteiger partial charge on any atom is -0.455 e. The summed E-state index contributed by atoms with van der Waals surface area (Å²) in [5, 5.41) is 5.76. The molecule has 0 aliphatic carbocycles. The highest BCUT2D eigenvalue weighted by Crippen LogP contribution is 2.29. The van der Waals surface area contributed by atoms with Gasteiger partial charge in [-0.3, -0.25) is 4.79 Å². The molecule has 3 rings (SSSR count). The second-order valence-corrected chi connectivity index (χ2v) is 8.78. The summed E-state index contributed by atoms with van der Waals surface area (Å²) >= 11 is 0. The maximum absolute atomic E-state index is 12.4. The maximum Gasteiger partial charge on any atom is 0.243 e. The van der Waals surface area contributed by atoms with Gasteiger partial charge in [-0.1, -0.05) is 36.4 Å². The lowest BCUT2D eigenvalue weighted by Gasteiger charge is -2.14. The van der Waals surface area contributed by atoms with E-state index in [1.807, 2.05) is 54.6 Å². The van der Waals surface area contributed by atoms with E-state index < -0.39 is 10.0 Å². The van der Waals surface area contributed by atoms with Gasteiger partial charge in [-0.15, -0.1) is 0 Å². The van der Waals surface area contributed by atoms with E-state index in [0.29, 0.717) is 22.9 Å². The van der Waals surface area contributed by atoms with Crippen molar-refractivity contribution in [1.82, 2.24) is 4.31 Å². The topological polar surface area (TPSA) is 87.7 Å². The van der Waals surface area contributed by atoms with Crippen LogP contribution in [0.2, 0.25) is 0 Å². The van der Waals surface area contributed by atoms with Crippen molar-refractivity contribution in [2.75, 3.05) is 31.3 Å². The summed E-state index contributed by atoms with van der Waals surface area (Å²) < 4.78 is 31.5. The Morgan fingerprint density at radius 1 is 0.933 bits per heavy atom. The van der Waals surface area contributed by atoms with Gasteiger partial charge in [-0.25, -0.2) is 12.7 Å². The first-order valence-electron chi connectivity index (χ1n) is 9.24. The molecule has 0 saturated carbocycles. The maximum atomic E-state index is 12.4. The van der Waals surface area contributed by atoms with Crippen LogP contribution in [0.4, 0.5) is 11.4 Å². The van der Waals surface area contributed by atoms with E-state index in [-0.39, 0.29) is 17.3 Å². The van der Waals surface area contributed by atoms with Crippen molar-refractivity contribution in [3.8, 4) is 11.5 Å². The highest BCUT2D eigenvalue weighted by atomic mass is 32.2. The number of nitrogens with zero attached hydrogens (tertiary/aromatic N) is 1. The van der Waals surface area contributed by atoms with Gasteiger partial charge in [0.15, 0.2) is 5.75 Å². The summed E-state index contributed by atoms with van der Waals surface area (Å²) in [6.45, 7) is -0.0141. The van der Waals surface area contributed by atoms with Crippen LogP contribution in [0.5, 0.6) is 11.5 Å². The number of hydrogen-bond acceptors (Lipinski definition) is 5. The lowest BCUT2D eigenvalue weighted by molar-refractivity contribution is -0.114. The van der Waals surface area contributed by atoms with Crippen LogP contribution < -0.4 is 15.4 Å². The molecule has 0 fully saturated rings. The summed E-state index contributed by atoms with van der Waals surface area (Å²) in [4.78, 5) is 12.5. The van der Waals surface area contributed by atoms with Crippen molar-refractivity contribution in [2.24, 2.45) is 0 Å². The Hall–Kier alpha value is -3.36. The number of ether oxygens (including phenoxy) is 1. The zero-order valence-corrected chi connectivity index (χ0v) is 17.5. The minimum absolute atomic E-state index is 0.0141. The second kappa shape index (κ2) is 9.43. The summed E-state index contributed by atoms with van der Waals surface area (Å²) in [6, 6.07) is 22.8. The Bertz CT molecular complexity index is 1120. The molecule has 30 heavy (non-hydrogen) atoms. The molecule has 0 radical (unpaired) electrons. The molecule has 3 aromatic rings. The highest BCUT2D eigenvalue weighted by molar-refractivity contribution is 7.89. The van der Waals surface area contributed by atoms with E-state index in [1.165, 1.54) is 26.2 Å². The van der Waals surface area contributed by atoms with Gasteiger partial charge in [0.1, 0.15) is 5.75 Å². The number of amides is 1. The molecular weight excluding hydrogens is 402 g/mol. The van der Waals surface area contributed by atoms with E-state index >= 15 is 0 Å². The molecule has 0 bridgehead atoms. The number of hydrogen-bond donors (Lipinski definition) is 2. The Labute approximate surface area is 176 Å². The predicted molar refractivity (Wildman–Crippen MR) is 117 cm³/mol. The van der Waals surface area contributed by atoms with Crippen LogP contribution in [-0.2, 0) is 14.8 Å². The van der Waals surface area contributed by atoms with Gasteiger partial charge in [-0.2, -0.15) is 0 Å². The summed E-state index contributed by atoms with van der Waals surface area (Å²) in [5.74, 6) is 0.967. The molecule has 3 aromatic carbocycles. The molecular formula is C22H23N3O4S. The van der Waals surface area contributed by atoms with Crippen LogP contribution >= 0.6 is 0 Å². The fourth-order valence-corrected chi connectivity index (χ4v) is 3.59. The number of carbonyl (C=O) groups is 1. The van der Waals surface area contributed by atoms with Gasteiger partial charge in [0.25, 0.3) is 0 Å². The van der Waals surface area contributed by atoms with Gasteiger partial charge in [-0.05, 0) is 42.5 Å². The Kier molecular flexibility index (Phi) is 6.71. The van der Waals surface area contributed by atoms with E-state index in [0.717, 1.165) is 4.31 Å². The standard InChI is InChI=1S/C22H23N3O4S/c1-25(2)30(27,28)19-12-8-9-17(15-19)24-22(26)16-23-20-13-6-7-14-21(20)29-18-10-4-3-5-11-18/h3-15,23H,16H2,1-2H3,(H,24,26). The largest absolute Gasteiger partial charge is 0.455 e. The van der Waals surface area contributed by atoms with Crippen molar-refractivity contribution in [1.29, 1.82) is 0 Å². The molecule has 8 heteroatoms. The molecule has 0 aromatic heterocycles. The molecule has 0 unspecified atom stereocenters. The second-order valence-electron chi connectivity index (χ2n) is 6.63. The first-order chi connectivity index (χ1) is 14.4. The fourth-order valence-electron chi connectivity index (χ4n) is 2.64. The lowest BCUT2D eigenvalue weighted by atomic mass is 10.2. The summed E-state index contributed by atoms with van der Waals surface area (Å²) in [6.07, 6.45) is 0. The van der Waals surface area contributed by atoms with E-state index in [9.17, 15) is 13.2 Å². The molecule has 0 aliphatic rings. The number of para-hydroxylation sites is 3. The van der Waals surface area contributed by atoms with E-state index in [1.54, 1.807) is 12.1 Å². The van der Waals surface area contributed by atoms with Crippen LogP contribution in [0, 0.1) is 0 Å². The zero-order valence-electron chi connectivity index (χ0n) is 16.7. The lowest BCUT2D eigenvalue weighted by Crippen LogP contribution is -2.23. The minimum atomic E-state index is -3.58. The Morgan fingerprint density at radius 2 is 1.63 bits per heavy atom. The molecule has 0 saturated heterocycles. The van der Waals surface area contributed by atoms with Gasteiger partial charge >= 0.3 is 0 Å². The van der Waals surface area contributed by atoms with Gasteiger partial charge < -0.3 is 15.4 Å². The van der Waals surface area contributed by atoms with Crippen LogP contribution in [0.3, 0.4) is 0 Å². The monoisotopic (exact) mass is 425 g/mol. The van der Waals surface area contributed by atoms with Crippen molar-refractivity contribution in [3.05, 3.63) is 78.9 Å². The predicted octanol–water partition coefficient (Wildman–Crippen LogP) is 3.78. The van der Waals surface area contributed by atoms with Crippen molar-refractivity contribution in [2.45, 2.75) is 4.90 Å². The highest BCUT2D eigenvalue weighted by Gasteiger charge is 2.17. The molecule has 0 aliphatic heterocycles. The Morgan fingerprint density at radius 3 is 2.37 bits per heavy atom. The molecule has 1 amide bonds. The van der Waals surface area contributed by atoms with Crippen LogP contribution in [-0.4, -0.2) is 39.3 Å².